The lowest BCUT2D eigenvalue weighted by Crippen LogP contribution is -2.24. The van der Waals surface area contributed by atoms with Gasteiger partial charge < -0.3 is 4.74 Å². The minimum Gasteiger partial charge on any atom is -0.465 e. The van der Waals surface area contributed by atoms with Crippen molar-refractivity contribution in [3.63, 3.8) is 0 Å². The van der Waals surface area contributed by atoms with Gasteiger partial charge in [-0.1, -0.05) is 12.1 Å². The van der Waals surface area contributed by atoms with E-state index in [0.29, 0.717) is 5.56 Å². The standard InChI is InChI=1S/C11H14N2O2/c1-15-11(14)9-4-2-3-8(7-9)10-5-6-12-13-10/h2-4,7,10,12-13H,5-6H2,1H3. The average molecular weight is 206 g/mol. The average Bonchev–Trinajstić information content (AvgIpc) is 2.82. The number of carbonyl (C=O) groups excluding carboxylic acids is 1. The Morgan fingerprint density at radius 2 is 2.40 bits per heavy atom. The fourth-order valence-electron chi connectivity index (χ4n) is 1.73. The summed E-state index contributed by atoms with van der Waals surface area (Å²) in [6, 6.07) is 7.81. The minimum absolute atomic E-state index is 0.287. The van der Waals surface area contributed by atoms with Gasteiger partial charge in [0.25, 0.3) is 0 Å². The number of benzene rings is 1. The van der Waals surface area contributed by atoms with Gasteiger partial charge >= 0.3 is 5.97 Å². The molecule has 0 aliphatic carbocycles. The van der Waals surface area contributed by atoms with Crippen molar-refractivity contribution in [2.24, 2.45) is 0 Å². The van der Waals surface area contributed by atoms with Crippen LogP contribution >= 0.6 is 0 Å². The normalized spacial score (nSPS) is 20.2. The highest BCUT2D eigenvalue weighted by Gasteiger charge is 2.17. The van der Waals surface area contributed by atoms with Gasteiger partial charge in [0.2, 0.25) is 0 Å². The third-order valence-electron chi connectivity index (χ3n) is 2.54. The van der Waals surface area contributed by atoms with Crippen LogP contribution in [0, 0.1) is 0 Å². The summed E-state index contributed by atoms with van der Waals surface area (Å²) in [5, 5.41) is 0. The number of esters is 1. The maximum atomic E-state index is 11.3. The molecule has 15 heavy (non-hydrogen) atoms. The second-order valence-corrected chi connectivity index (χ2v) is 3.53. The summed E-state index contributed by atoms with van der Waals surface area (Å²) in [6.45, 7) is 0.952. The van der Waals surface area contributed by atoms with Gasteiger partial charge in [0.1, 0.15) is 0 Å². The van der Waals surface area contributed by atoms with E-state index < -0.39 is 0 Å². The van der Waals surface area contributed by atoms with Gasteiger partial charge in [0.15, 0.2) is 0 Å². The van der Waals surface area contributed by atoms with Crippen molar-refractivity contribution in [3.05, 3.63) is 35.4 Å². The van der Waals surface area contributed by atoms with Crippen LogP contribution in [0.25, 0.3) is 0 Å². The van der Waals surface area contributed by atoms with E-state index in [0.717, 1.165) is 18.5 Å². The van der Waals surface area contributed by atoms with Crippen LogP contribution in [0.4, 0.5) is 0 Å². The fraction of sp³-hybridized carbons (Fsp3) is 0.364. The number of carbonyl (C=O) groups is 1. The van der Waals surface area contributed by atoms with Crippen LogP contribution in [0.3, 0.4) is 0 Å². The second-order valence-electron chi connectivity index (χ2n) is 3.53. The molecule has 1 aromatic rings. The molecule has 0 amide bonds. The Hall–Kier alpha value is -1.39. The molecule has 1 aliphatic heterocycles. The second kappa shape index (κ2) is 4.42. The Kier molecular flexibility index (Phi) is 2.99. The van der Waals surface area contributed by atoms with Crippen LogP contribution in [-0.2, 0) is 4.74 Å². The van der Waals surface area contributed by atoms with Gasteiger partial charge in [-0.25, -0.2) is 4.79 Å². The molecule has 0 radical (unpaired) electrons. The molecular formula is C11H14N2O2. The van der Waals surface area contributed by atoms with Crippen molar-refractivity contribution in [2.75, 3.05) is 13.7 Å². The lowest BCUT2D eigenvalue weighted by Gasteiger charge is -2.10. The van der Waals surface area contributed by atoms with Gasteiger partial charge in [-0.05, 0) is 24.1 Å². The maximum absolute atomic E-state index is 11.3. The summed E-state index contributed by atoms with van der Waals surface area (Å²) in [5.41, 5.74) is 7.94. The molecule has 0 spiro atoms. The van der Waals surface area contributed by atoms with Crippen molar-refractivity contribution in [1.29, 1.82) is 0 Å². The lowest BCUT2D eigenvalue weighted by atomic mass is 10.0. The summed E-state index contributed by atoms with van der Waals surface area (Å²) in [6.07, 6.45) is 1.03. The van der Waals surface area contributed by atoms with Crippen molar-refractivity contribution >= 4 is 5.97 Å². The zero-order chi connectivity index (χ0) is 10.7. The Balaban J connectivity index is 2.21. The summed E-state index contributed by atoms with van der Waals surface area (Å²) < 4.78 is 4.68. The third-order valence-corrected chi connectivity index (χ3v) is 2.54. The largest absolute Gasteiger partial charge is 0.465 e. The van der Waals surface area contributed by atoms with E-state index >= 15 is 0 Å². The topological polar surface area (TPSA) is 50.4 Å². The first-order chi connectivity index (χ1) is 7.31. The molecule has 2 N–H and O–H groups in total. The number of nitrogens with one attached hydrogen (secondary N) is 2. The summed E-state index contributed by atoms with van der Waals surface area (Å²) >= 11 is 0. The predicted molar refractivity (Wildman–Crippen MR) is 56.3 cm³/mol. The van der Waals surface area contributed by atoms with Gasteiger partial charge in [0.05, 0.1) is 12.7 Å². The van der Waals surface area contributed by atoms with Crippen molar-refractivity contribution in [2.45, 2.75) is 12.5 Å². The van der Waals surface area contributed by atoms with Crippen LogP contribution in [0.15, 0.2) is 24.3 Å². The Labute approximate surface area is 88.6 Å². The van der Waals surface area contributed by atoms with Crippen LogP contribution < -0.4 is 10.9 Å². The Bertz CT molecular complexity index is 359. The molecule has 0 aromatic heterocycles. The van der Waals surface area contributed by atoms with Gasteiger partial charge in [-0.3, -0.25) is 10.9 Å². The highest BCUT2D eigenvalue weighted by atomic mass is 16.5. The molecule has 1 heterocycles. The number of ether oxygens (including phenoxy) is 1. The van der Waals surface area contributed by atoms with Gasteiger partial charge in [0, 0.05) is 12.6 Å². The zero-order valence-corrected chi connectivity index (χ0v) is 8.62. The molecule has 0 bridgehead atoms. The van der Waals surface area contributed by atoms with Crippen LogP contribution in [0.5, 0.6) is 0 Å². The van der Waals surface area contributed by atoms with E-state index in [4.69, 9.17) is 0 Å². The molecule has 4 heteroatoms. The number of hydrazine groups is 1. The maximum Gasteiger partial charge on any atom is 0.337 e. The van der Waals surface area contributed by atoms with Crippen LogP contribution in [0.1, 0.15) is 28.4 Å². The molecule has 1 aliphatic rings. The molecule has 1 fully saturated rings. The zero-order valence-electron chi connectivity index (χ0n) is 8.62. The van der Waals surface area contributed by atoms with E-state index in [-0.39, 0.29) is 12.0 Å². The molecule has 4 nitrogen and oxygen atoms in total. The summed E-state index contributed by atoms with van der Waals surface area (Å²) in [4.78, 5) is 11.3. The smallest absolute Gasteiger partial charge is 0.337 e. The minimum atomic E-state index is -0.289. The quantitative estimate of drug-likeness (QED) is 0.709. The summed E-state index contributed by atoms with van der Waals surface area (Å²) in [7, 11) is 1.39. The van der Waals surface area contributed by atoms with Crippen LogP contribution in [-0.4, -0.2) is 19.6 Å². The molecule has 2 rings (SSSR count). The fourth-order valence-corrected chi connectivity index (χ4v) is 1.73. The number of rotatable bonds is 2. The first-order valence-corrected chi connectivity index (χ1v) is 4.98. The van der Waals surface area contributed by atoms with Crippen molar-refractivity contribution in [3.8, 4) is 0 Å². The van der Waals surface area contributed by atoms with E-state index in [1.807, 2.05) is 18.2 Å². The monoisotopic (exact) mass is 206 g/mol. The number of methoxy groups -OCH3 is 1. The molecular weight excluding hydrogens is 192 g/mol. The van der Waals surface area contributed by atoms with Crippen LogP contribution in [0.2, 0.25) is 0 Å². The molecule has 1 atom stereocenters. The Morgan fingerprint density at radius 3 is 3.07 bits per heavy atom. The number of hydrogen-bond donors (Lipinski definition) is 2. The van der Waals surface area contributed by atoms with Gasteiger partial charge in [-0.2, -0.15) is 0 Å². The van der Waals surface area contributed by atoms with E-state index in [1.165, 1.54) is 7.11 Å². The summed E-state index contributed by atoms with van der Waals surface area (Å²) in [5.74, 6) is -0.289. The first kappa shape index (κ1) is 10.1. The highest BCUT2D eigenvalue weighted by Crippen LogP contribution is 2.19. The lowest BCUT2D eigenvalue weighted by molar-refractivity contribution is 0.0600. The SMILES string of the molecule is COC(=O)c1cccc(C2CCNN2)c1. The predicted octanol–water partition coefficient (Wildman–Crippen LogP) is 1.01. The number of hydrogen-bond acceptors (Lipinski definition) is 4. The van der Waals surface area contributed by atoms with Gasteiger partial charge in [-0.15, -0.1) is 0 Å². The molecule has 0 saturated carbocycles. The highest BCUT2D eigenvalue weighted by molar-refractivity contribution is 5.89. The van der Waals surface area contributed by atoms with E-state index in [2.05, 4.69) is 15.6 Å². The van der Waals surface area contributed by atoms with Crippen molar-refractivity contribution < 1.29 is 9.53 Å². The molecule has 1 aromatic carbocycles. The molecule has 1 saturated heterocycles. The Morgan fingerprint density at radius 1 is 1.53 bits per heavy atom. The first-order valence-electron chi connectivity index (χ1n) is 4.98. The third kappa shape index (κ3) is 2.16. The molecule has 80 valence electrons. The van der Waals surface area contributed by atoms with Crippen molar-refractivity contribution in [1.82, 2.24) is 10.9 Å². The molecule has 1 unspecified atom stereocenters. The van der Waals surface area contributed by atoms with E-state index in [9.17, 15) is 4.79 Å². The van der Waals surface area contributed by atoms with E-state index in [1.54, 1.807) is 6.07 Å².